The number of hydrogen-bond acceptors (Lipinski definition) is 5. The molecule has 2 atom stereocenters. The van der Waals surface area contributed by atoms with Gasteiger partial charge in [0.15, 0.2) is 9.84 Å². The van der Waals surface area contributed by atoms with Crippen LogP contribution in [0.2, 0.25) is 0 Å². The second-order valence-corrected chi connectivity index (χ2v) is 6.53. The molecule has 3 N–H and O–H groups in total. The maximum atomic E-state index is 11.3. The summed E-state index contributed by atoms with van der Waals surface area (Å²) < 4.78 is 22.5. The van der Waals surface area contributed by atoms with Crippen molar-refractivity contribution < 1.29 is 18.6 Å². The highest BCUT2D eigenvalue weighted by Crippen LogP contribution is 2.01. The van der Waals surface area contributed by atoms with Gasteiger partial charge in [0.1, 0.15) is 0 Å². The van der Waals surface area contributed by atoms with Gasteiger partial charge in [-0.3, -0.25) is 0 Å². The number of sulfone groups is 1. The smallest absolute Gasteiger partial charge is 0.151 e. The predicted molar refractivity (Wildman–Crippen MR) is 59.5 cm³/mol. The van der Waals surface area contributed by atoms with Gasteiger partial charge in [-0.15, -0.1) is 0 Å². The summed E-state index contributed by atoms with van der Waals surface area (Å²) in [6, 6.07) is -0.229. The van der Waals surface area contributed by atoms with Crippen molar-refractivity contribution in [3.8, 4) is 0 Å². The molecule has 0 aliphatic rings. The van der Waals surface area contributed by atoms with Gasteiger partial charge >= 0.3 is 0 Å². The van der Waals surface area contributed by atoms with Gasteiger partial charge < -0.3 is 15.5 Å². The SMILES string of the molecule is CCS(=O)(=O)CC(C)NCC(C)(O)CO. The summed E-state index contributed by atoms with van der Waals surface area (Å²) in [7, 11) is -3.00. The molecule has 0 rings (SSSR count). The lowest BCUT2D eigenvalue weighted by Gasteiger charge is -2.23. The van der Waals surface area contributed by atoms with Gasteiger partial charge in [-0.05, 0) is 13.8 Å². The van der Waals surface area contributed by atoms with E-state index in [-0.39, 0.29) is 30.7 Å². The van der Waals surface area contributed by atoms with Crippen LogP contribution in [0.5, 0.6) is 0 Å². The number of rotatable bonds is 7. The Morgan fingerprint density at radius 2 is 2.00 bits per heavy atom. The largest absolute Gasteiger partial charge is 0.393 e. The minimum Gasteiger partial charge on any atom is -0.393 e. The number of nitrogens with one attached hydrogen (secondary N) is 1. The average molecular weight is 239 g/mol. The molecule has 0 heterocycles. The molecule has 15 heavy (non-hydrogen) atoms. The first-order chi connectivity index (χ1) is 6.72. The molecular formula is C9H21NO4S. The van der Waals surface area contributed by atoms with E-state index in [9.17, 15) is 13.5 Å². The summed E-state index contributed by atoms with van der Waals surface area (Å²) >= 11 is 0. The summed E-state index contributed by atoms with van der Waals surface area (Å²) in [5.41, 5.74) is -1.20. The molecule has 0 saturated carbocycles. The third-order valence-electron chi connectivity index (χ3n) is 2.12. The van der Waals surface area contributed by atoms with Crippen LogP contribution in [-0.4, -0.2) is 54.9 Å². The van der Waals surface area contributed by atoms with Crippen molar-refractivity contribution in [3.05, 3.63) is 0 Å². The molecule has 92 valence electrons. The zero-order valence-corrected chi connectivity index (χ0v) is 10.3. The first-order valence-electron chi connectivity index (χ1n) is 4.99. The molecule has 0 aromatic rings. The van der Waals surface area contributed by atoms with E-state index in [0.717, 1.165) is 0 Å². The Labute approximate surface area is 91.4 Å². The van der Waals surface area contributed by atoms with Crippen LogP contribution in [0, 0.1) is 0 Å². The standard InChI is InChI=1S/C9H21NO4S/c1-4-15(13,14)5-8(2)10-6-9(3,12)7-11/h8,10-12H,4-7H2,1-3H3. The Morgan fingerprint density at radius 3 is 2.40 bits per heavy atom. The van der Waals surface area contributed by atoms with Crippen molar-refractivity contribution in [2.24, 2.45) is 0 Å². The second kappa shape index (κ2) is 5.79. The Kier molecular flexibility index (Phi) is 5.72. The second-order valence-electron chi connectivity index (χ2n) is 4.14. The highest BCUT2D eigenvalue weighted by atomic mass is 32.2. The summed E-state index contributed by atoms with van der Waals surface area (Å²) in [4.78, 5) is 0. The first-order valence-corrected chi connectivity index (χ1v) is 6.81. The van der Waals surface area contributed by atoms with E-state index in [4.69, 9.17) is 5.11 Å². The maximum absolute atomic E-state index is 11.3. The lowest BCUT2D eigenvalue weighted by Crippen LogP contribution is -2.46. The fraction of sp³-hybridized carbons (Fsp3) is 1.00. The normalized spacial score (nSPS) is 18.5. The maximum Gasteiger partial charge on any atom is 0.151 e. The molecule has 0 amide bonds. The van der Waals surface area contributed by atoms with E-state index in [0.29, 0.717) is 0 Å². The molecule has 5 nitrogen and oxygen atoms in total. The van der Waals surface area contributed by atoms with Gasteiger partial charge in [0.25, 0.3) is 0 Å². The first kappa shape index (κ1) is 14.8. The molecule has 0 spiro atoms. The van der Waals surface area contributed by atoms with Crippen LogP contribution in [0.4, 0.5) is 0 Å². The molecule has 0 radical (unpaired) electrons. The zero-order valence-electron chi connectivity index (χ0n) is 9.52. The quantitative estimate of drug-likeness (QED) is 0.538. The Morgan fingerprint density at radius 1 is 1.47 bits per heavy atom. The minimum atomic E-state index is -3.00. The molecule has 2 unspecified atom stereocenters. The molecule has 0 aliphatic heterocycles. The summed E-state index contributed by atoms with van der Waals surface area (Å²) in [5, 5.41) is 21.1. The minimum absolute atomic E-state index is 0.0466. The van der Waals surface area contributed by atoms with Gasteiger partial charge in [-0.2, -0.15) is 0 Å². The molecule has 0 bridgehead atoms. The number of hydrogen-bond donors (Lipinski definition) is 3. The third-order valence-corrected chi connectivity index (χ3v) is 4.00. The molecule has 0 saturated heterocycles. The van der Waals surface area contributed by atoms with E-state index in [1.54, 1.807) is 13.8 Å². The highest BCUT2D eigenvalue weighted by Gasteiger charge is 2.21. The Bertz CT molecular complexity index is 274. The van der Waals surface area contributed by atoms with Crippen molar-refractivity contribution in [2.45, 2.75) is 32.4 Å². The van der Waals surface area contributed by atoms with Crippen LogP contribution in [0.25, 0.3) is 0 Å². The van der Waals surface area contributed by atoms with Crippen molar-refractivity contribution in [1.82, 2.24) is 5.32 Å². The fourth-order valence-electron chi connectivity index (χ4n) is 1.01. The van der Waals surface area contributed by atoms with Gasteiger partial charge in [0, 0.05) is 18.3 Å². The van der Waals surface area contributed by atoms with E-state index in [1.165, 1.54) is 6.92 Å². The molecule has 6 heteroatoms. The topological polar surface area (TPSA) is 86.6 Å². The van der Waals surface area contributed by atoms with Crippen LogP contribution >= 0.6 is 0 Å². The van der Waals surface area contributed by atoms with Crippen molar-refractivity contribution in [2.75, 3.05) is 24.7 Å². The van der Waals surface area contributed by atoms with Gasteiger partial charge in [0.05, 0.1) is 18.0 Å². The Hall–Kier alpha value is -0.170. The predicted octanol–water partition coefficient (Wildman–Crippen LogP) is -0.857. The summed E-state index contributed by atoms with van der Waals surface area (Å²) in [5.74, 6) is 0.167. The van der Waals surface area contributed by atoms with Gasteiger partial charge in [-0.25, -0.2) is 8.42 Å². The van der Waals surface area contributed by atoms with Crippen LogP contribution < -0.4 is 5.32 Å². The van der Waals surface area contributed by atoms with Crippen LogP contribution in [0.1, 0.15) is 20.8 Å². The number of aliphatic hydroxyl groups excluding tert-OH is 1. The third kappa shape index (κ3) is 6.83. The van der Waals surface area contributed by atoms with Crippen molar-refractivity contribution in [1.29, 1.82) is 0 Å². The van der Waals surface area contributed by atoms with Gasteiger partial charge in [-0.1, -0.05) is 6.92 Å². The summed E-state index contributed by atoms with van der Waals surface area (Å²) in [6.45, 7) is 4.64. The van der Waals surface area contributed by atoms with E-state index in [1.807, 2.05) is 0 Å². The monoisotopic (exact) mass is 239 g/mol. The van der Waals surface area contributed by atoms with Gasteiger partial charge in [0.2, 0.25) is 0 Å². The fourth-order valence-corrected chi connectivity index (χ4v) is 2.12. The lowest BCUT2D eigenvalue weighted by atomic mass is 10.1. The van der Waals surface area contributed by atoms with E-state index < -0.39 is 15.4 Å². The van der Waals surface area contributed by atoms with Crippen LogP contribution in [0.3, 0.4) is 0 Å². The van der Waals surface area contributed by atoms with E-state index in [2.05, 4.69) is 5.32 Å². The molecule has 0 aromatic carbocycles. The Balaban J connectivity index is 4.01. The zero-order chi connectivity index (χ0) is 12.1. The van der Waals surface area contributed by atoms with Crippen molar-refractivity contribution in [3.63, 3.8) is 0 Å². The molecule has 0 aromatic heterocycles. The molecular weight excluding hydrogens is 218 g/mol. The van der Waals surface area contributed by atoms with Crippen molar-refractivity contribution >= 4 is 9.84 Å². The number of aliphatic hydroxyl groups is 2. The van der Waals surface area contributed by atoms with E-state index >= 15 is 0 Å². The van der Waals surface area contributed by atoms with Crippen LogP contribution in [0.15, 0.2) is 0 Å². The average Bonchev–Trinajstić information content (AvgIpc) is 2.15. The lowest BCUT2D eigenvalue weighted by molar-refractivity contribution is 0.00152. The molecule has 0 fully saturated rings. The molecule has 0 aliphatic carbocycles. The highest BCUT2D eigenvalue weighted by molar-refractivity contribution is 7.91. The van der Waals surface area contributed by atoms with Crippen LogP contribution in [-0.2, 0) is 9.84 Å². The summed E-state index contributed by atoms with van der Waals surface area (Å²) in [6.07, 6.45) is 0.